The third kappa shape index (κ3) is 8.91. The van der Waals surface area contributed by atoms with E-state index < -0.39 is 23.9 Å². The molecular weight excluding hydrogens is 388 g/mol. The Morgan fingerprint density at radius 2 is 1.40 bits per heavy atom. The number of carbonyl (C=O) groups is 4. The Balaban J connectivity index is 0.000000437. The van der Waals surface area contributed by atoms with Crippen molar-refractivity contribution < 1.29 is 19.2 Å². The summed E-state index contributed by atoms with van der Waals surface area (Å²) in [5.74, 6) is -1.26. The van der Waals surface area contributed by atoms with Crippen LogP contribution in [-0.2, 0) is 19.2 Å². The Morgan fingerprint density at radius 3 is 1.67 bits per heavy atom. The van der Waals surface area contributed by atoms with E-state index in [1.165, 1.54) is 11.0 Å². The molecule has 1 aliphatic rings. The lowest BCUT2D eigenvalue weighted by molar-refractivity contribution is -0.134. The van der Waals surface area contributed by atoms with Gasteiger partial charge in [-0.1, -0.05) is 26.8 Å². The van der Waals surface area contributed by atoms with Crippen LogP contribution in [0.25, 0.3) is 0 Å². The molecule has 0 aromatic carbocycles. The molecule has 2 rings (SSSR count). The number of hydrogen-bond acceptors (Lipinski definition) is 5. The van der Waals surface area contributed by atoms with E-state index in [1.54, 1.807) is 6.08 Å². The van der Waals surface area contributed by atoms with Crippen LogP contribution in [0.1, 0.15) is 46.1 Å². The van der Waals surface area contributed by atoms with E-state index in [0.717, 1.165) is 6.42 Å². The monoisotopic (exact) mass is 422 g/mol. The van der Waals surface area contributed by atoms with Crippen molar-refractivity contribution in [1.29, 1.82) is 0 Å². The molecule has 8 N–H and O–H groups in total. The van der Waals surface area contributed by atoms with Gasteiger partial charge in [0.25, 0.3) is 0 Å². The smallest absolute Gasteiger partial charge is 0.247 e. The van der Waals surface area contributed by atoms with Gasteiger partial charge in [0.1, 0.15) is 12.1 Å². The van der Waals surface area contributed by atoms with Crippen molar-refractivity contribution in [1.82, 2.24) is 9.47 Å². The minimum Gasteiger partial charge on any atom is -0.368 e. The molecule has 10 nitrogen and oxygen atoms in total. The number of aromatic nitrogens is 1. The normalized spacial score (nSPS) is 15.2. The number of hydrogen-bond donors (Lipinski definition) is 4. The molecule has 0 saturated heterocycles. The van der Waals surface area contributed by atoms with Crippen molar-refractivity contribution in [2.24, 2.45) is 22.9 Å². The van der Waals surface area contributed by atoms with E-state index in [0.29, 0.717) is 19.4 Å². The van der Waals surface area contributed by atoms with E-state index in [-0.39, 0.29) is 17.9 Å². The highest BCUT2D eigenvalue weighted by molar-refractivity contribution is 5.94. The van der Waals surface area contributed by atoms with Gasteiger partial charge in [0.15, 0.2) is 0 Å². The summed E-state index contributed by atoms with van der Waals surface area (Å²) in [6.07, 6.45) is 8.82. The van der Waals surface area contributed by atoms with Gasteiger partial charge in [-0.2, -0.15) is 0 Å². The van der Waals surface area contributed by atoms with Crippen LogP contribution in [0, 0.1) is 0 Å². The standard InChI is InChI=1S/C8H12N2O2.C8H12N2O.C4H10N2O/c1-2-6(8(9)12)10-5-3-4-7(10)11;1-2-7(8(9)11)10-5-3-4-6-10;1-2-3(5)4(6)7/h3-4,6H,2,5H2,1H3,(H2,9,12);3-7H,2H2,1H3,(H2,9,11);3H,2,5H2,1H3,(H2,6,7)/t6-;7-;3-/m000/s1. The fourth-order valence-corrected chi connectivity index (χ4v) is 2.62. The summed E-state index contributed by atoms with van der Waals surface area (Å²) >= 11 is 0. The summed E-state index contributed by atoms with van der Waals surface area (Å²) in [5.41, 5.74) is 20.2. The summed E-state index contributed by atoms with van der Waals surface area (Å²) in [6.45, 7) is 6.09. The molecule has 0 unspecified atom stereocenters. The first-order valence-corrected chi connectivity index (χ1v) is 9.83. The topological polar surface area (TPSA) is 181 Å². The lowest BCUT2D eigenvalue weighted by Crippen LogP contribution is -2.45. The van der Waals surface area contributed by atoms with Crippen LogP contribution in [0.5, 0.6) is 0 Å². The molecule has 4 amide bonds. The first kappa shape index (κ1) is 26.9. The third-order valence-electron chi connectivity index (χ3n) is 4.44. The number of primary amides is 3. The molecule has 168 valence electrons. The number of nitrogens with two attached hydrogens (primary N) is 4. The SMILES string of the molecule is CC[C@@H](C(N)=O)N1CC=CC1=O.CC[C@@H](C(N)=O)n1cccc1.CC[C@H](N)C(N)=O. The second-order valence-corrected chi connectivity index (χ2v) is 6.59. The highest BCUT2D eigenvalue weighted by Gasteiger charge is 2.26. The van der Waals surface area contributed by atoms with Gasteiger partial charge < -0.3 is 32.4 Å². The summed E-state index contributed by atoms with van der Waals surface area (Å²) in [4.78, 5) is 44.3. The molecule has 30 heavy (non-hydrogen) atoms. The Kier molecular flexibility index (Phi) is 12.5. The van der Waals surface area contributed by atoms with Crippen LogP contribution in [0.15, 0.2) is 36.7 Å². The van der Waals surface area contributed by atoms with Gasteiger partial charge in [-0.05, 0) is 31.4 Å². The van der Waals surface area contributed by atoms with Crippen molar-refractivity contribution in [3.63, 3.8) is 0 Å². The second kappa shape index (κ2) is 13.9. The van der Waals surface area contributed by atoms with Gasteiger partial charge in [-0.3, -0.25) is 19.2 Å². The van der Waals surface area contributed by atoms with Gasteiger partial charge in [0.05, 0.1) is 6.04 Å². The van der Waals surface area contributed by atoms with E-state index in [2.05, 4.69) is 0 Å². The molecule has 1 aromatic rings. The van der Waals surface area contributed by atoms with Crippen LogP contribution in [0.3, 0.4) is 0 Å². The van der Waals surface area contributed by atoms with Gasteiger partial charge >= 0.3 is 0 Å². The summed E-state index contributed by atoms with van der Waals surface area (Å²) in [7, 11) is 0. The number of nitrogens with zero attached hydrogens (tertiary/aromatic N) is 2. The molecule has 0 bridgehead atoms. The maximum Gasteiger partial charge on any atom is 0.247 e. The van der Waals surface area contributed by atoms with Gasteiger partial charge in [-0.15, -0.1) is 0 Å². The van der Waals surface area contributed by atoms with Crippen molar-refractivity contribution in [3.8, 4) is 0 Å². The molecular formula is C20H34N6O4. The molecule has 2 heterocycles. The van der Waals surface area contributed by atoms with Crippen LogP contribution in [0.4, 0.5) is 0 Å². The zero-order valence-electron chi connectivity index (χ0n) is 17.9. The predicted octanol–water partition coefficient (Wildman–Crippen LogP) is -0.218. The van der Waals surface area contributed by atoms with Crippen LogP contribution >= 0.6 is 0 Å². The lowest BCUT2D eigenvalue weighted by Gasteiger charge is -2.23. The van der Waals surface area contributed by atoms with Gasteiger partial charge in [-0.25, -0.2) is 0 Å². The number of carbonyl (C=O) groups excluding carboxylic acids is 4. The summed E-state index contributed by atoms with van der Waals surface area (Å²) < 4.78 is 1.82. The molecule has 0 fully saturated rings. The van der Waals surface area contributed by atoms with Crippen molar-refractivity contribution >= 4 is 23.6 Å². The van der Waals surface area contributed by atoms with Crippen molar-refractivity contribution in [3.05, 3.63) is 36.7 Å². The minimum atomic E-state index is -0.458. The molecule has 0 aliphatic carbocycles. The number of rotatable bonds is 8. The fraction of sp³-hybridized carbons (Fsp3) is 0.500. The quantitative estimate of drug-likeness (QED) is 0.451. The molecule has 1 aliphatic heterocycles. The highest BCUT2D eigenvalue weighted by atomic mass is 16.2. The van der Waals surface area contributed by atoms with Crippen molar-refractivity contribution in [2.75, 3.05) is 6.54 Å². The first-order valence-electron chi connectivity index (χ1n) is 9.83. The first-order chi connectivity index (χ1) is 14.1. The Labute approximate surface area is 177 Å². The maximum absolute atomic E-state index is 11.1. The molecule has 0 saturated carbocycles. The Bertz CT molecular complexity index is 717. The molecule has 0 radical (unpaired) electrons. The van der Waals surface area contributed by atoms with E-state index >= 15 is 0 Å². The zero-order chi connectivity index (χ0) is 23.3. The fourth-order valence-electron chi connectivity index (χ4n) is 2.62. The number of amides is 4. The molecule has 0 spiro atoms. The largest absolute Gasteiger partial charge is 0.368 e. The summed E-state index contributed by atoms with van der Waals surface area (Å²) in [5, 5.41) is 0. The zero-order valence-corrected chi connectivity index (χ0v) is 17.9. The average molecular weight is 423 g/mol. The van der Waals surface area contributed by atoms with Crippen LogP contribution < -0.4 is 22.9 Å². The van der Waals surface area contributed by atoms with Crippen LogP contribution in [-0.4, -0.2) is 51.7 Å². The maximum atomic E-state index is 11.1. The Morgan fingerprint density at radius 1 is 0.900 bits per heavy atom. The van der Waals surface area contributed by atoms with Crippen molar-refractivity contribution in [2.45, 2.75) is 58.2 Å². The second-order valence-electron chi connectivity index (χ2n) is 6.59. The van der Waals surface area contributed by atoms with Gasteiger partial charge in [0.2, 0.25) is 23.6 Å². The Hall–Kier alpha value is -3.14. The van der Waals surface area contributed by atoms with Gasteiger partial charge in [0, 0.05) is 25.0 Å². The minimum absolute atomic E-state index is 0.124. The molecule has 3 atom stereocenters. The molecule has 10 heteroatoms. The van der Waals surface area contributed by atoms with E-state index in [9.17, 15) is 19.2 Å². The van der Waals surface area contributed by atoms with E-state index in [1.807, 2.05) is 49.9 Å². The average Bonchev–Trinajstić information content (AvgIpc) is 3.35. The summed E-state index contributed by atoms with van der Waals surface area (Å²) in [6, 6.07) is 2.66. The molecule has 1 aromatic heterocycles. The lowest BCUT2D eigenvalue weighted by atomic mass is 10.2. The van der Waals surface area contributed by atoms with Crippen LogP contribution in [0.2, 0.25) is 0 Å². The third-order valence-corrected chi connectivity index (χ3v) is 4.44. The van der Waals surface area contributed by atoms with E-state index in [4.69, 9.17) is 22.9 Å². The predicted molar refractivity (Wildman–Crippen MR) is 115 cm³/mol. The highest BCUT2D eigenvalue weighted by Crippen LogP contribution is 2.10.